The van der Waals surface area contributed by atoms with Crippen molar-refractivity contribution in [2.45, 2.75) is 0 Å². The molecule has 0 saturated heterocycles. The van der Waals surface area contributed by atoms with Crippen LogP contribution >= 0.6 is 53.9 Å². The van der Waals surface area contributed by atoms with Crippen LogP contribution in [0.3, 0.4) is 0 Å². The number of para-hydroxylation sites is 2. The molecule has 0 amide bonds. The monoisotopic (exact) mass is 398 g/mol. The predicted octanol–water partition coefficient (Wildman–Crippen LogP) is 6.39. The molecule has 0 aliphatic carbocycles. The Morgan fingerprint density at radius 1 is 0.682 bits per heavy atom. The Hall–Kier alpha value is -0.770. The van der Waals surface area contributed by atoms with Gasteiger partial charge in [-0.15, -0.1) is 0 Å². The fourth-order valence-corrected chi connectivity index (χ4v) is 5.87. The molecule has 0 saturated carbocycles. The molecule has 0 unspecified atom stereocenters. The van der Waals surface area contributed by atoms with Crippen molar-refractivity contribution in [2.24, 2.45) is 0 Å². The van der Waals surface area contributed by atoms with Crippen molar-refractivity contribution in [2.75, 3.05) is 6.66 Å². The molecule has 4 nitrogen and oxygen atoms in total. The van der Waals surface area contributed by atoms with Crippen LogP contribution < -0.4 is 18.1 Å². The van der Waals surface area contributed by atoms with Gasteiger partial charge in [0, 0.05) is 0 Å². The molecular weight excluding hydrogens is 393 g/mol. The number of hydrogen-bond acceptors (Lipinski definition) is 4. The first-order valence-electron chi connectivity index (χ1n) is 6.08. The summed E-state index contributed by atoms with van der Waals surface area (Å²) in [4.78, 5) is 0. The Morgan fingerprint density at radius 3 is 1.50 bits per heavy atom. The zero-order chi connectivity index (χ0) is 15.7. The Labute approximate surface area is 146 Å². The minimum atomic E-state index is -3.96. The summed E-state index contributed by atoms with van der Waals surface area (Å²) in [6, 6.07) is 7.12. The molecule has 116 valence electrons. The third-order valence-corrected chi connectivity index (χ3v) is 7.37. The third kappa shape index (κ3) is 1.88. The molecule has 2 aliphatic rings. The van der Waals surface area contributed by atoms with Crippen LogP contribution in [0.2, 0.25) is 20.1 Å². The molecule has 2 heterocycles. The van der Waals surface area contributed by atoms with Crippen LogP contribution in [0.5, 0.6) is 23.0 Å². The van der Waals surface area contributed by atoms with Gasteiger partial charge in [0.15, 0.2) is 0 Å². The fraction of sp³-hybridized carbons (Fsp3) is 0.0769. The zero-order valence-corrected chi connectivity index (χ0v) is 14.8. The molecular formula is C13H7Cl4O4P. The van der Waals surface area contributed by atoms with Crippen LogP contribution in [-0.4, -0.2) is 6.66 Å². The molecule has 2 aliphatic heterocycles. The van der Waals surface area contributed by atoms with Gasteiger partial charge >= 0.3 is 146 Å². The van der Waals surface area contributed by atoms with Crippen LogP contribution in [0, 0.1) is 0 Å². The SMILES string of the molecule is CP12(Oc3ccccc3O1)Oc1c(Cl)c(Cl)c(Cl)c(Cl)c1O2. The van der Waals surface area contributed by atoms with Gasteiger partial charge < -0.3 is 0 Å². The van der Waals surface area contributed by atoms with Gasteiger partial charge in [0.25, 0.3) is 0 Å². The van der Waals surface area contributed by atoms with E-state index in [2.05, 4.69) is 0 Å². The Balaban J connectivity index is 1.87. The number of rotatable bonds is 0. The van der Waals surface area contributed by atoms with E-state index >= 15 is 0 Å². The van der Waals surface area contributed by atoms with E-state index in [0.29, 0.717) is 11.5 Å². The molecule has 4 rings (SSSR count). The molecule has 0 aromatic heterocycles. The summed E-state index contributed by atoms with van der Waals surface area (Å²) in [5.74, 6) is 1.35. The molecule has 1 spiro atoms. The molecule has 0 atom stereocenters. The number of fused-ring (bicyclic) bond motifs is 2. The molecule has 0 radical (unpaired) electrons. The summed E-state index contributed by atoms with van der Waals surface area (Å²) in [6.45, 7) is 1.60. The van der Waals surface area contributed by atoms with Gasteiger partial charge in [0.05, 0.1) is 0 Å². The van der Waals surface area contributed by atoms with E-state index in [0.717, 1.165) is 0 Å². The van der Waals surface area contributed by atoms with Gasteiger partial charge in [0.2, 0.25) is 0 Å². The first-order chi connectivity index (χ1) is 10.3. The Morgan fingerprint density at radius 2 is 1.09 bits per heavy atom. The quantitative estimate of drug-likeness (QED) is 0.292. The third-order valence-electron chi connectivity index (χ3n) is 3.22. The van der Waals surface area contributed by atoms with E-state index in [1.807, 2.05) is 12.1 Å². The van der Waals surface area contributed by atoms with Crippen molar-refractivity contribution in [3.8, 4) is 23.0 Å². The molecule has 9 heteroatoms. The van der Waals surface area contributed by atoms with Crippen molar-refractivity contribution < 1.29 is 18.1 Å². The maximum absolute atomic E-state index is 6.18. The van der Waals surface area contributed by atoms with Crippen molar-refractivity contribution >= 4 is 53.9 Å². The average molecular weight is 400 g/mol. The number of hydrogen-bond donors (Lipinski definition) is 0. The van der Waals surface area contributed by atoms with E-state index in [9.17, 15) is 0 Å². The Kier molecular flexibility index (Phi) is 2.96. The van der Waals surface area contributed by atoms with Gasteiger partial charge in [-0.1, -0.05) is 0 Å². The standard InChI is InChI=1S/C13H7Cl4O4P/c1-22(18-6-4-2-3-5-7(6)19-22)20-12-10(16)8(14)9(15)11(17)13(12)21-22/h2-5H,1H3. The summed E-state index contributed by atoms with van der Waals surface area (Å²) in [5, 5.41) is 0.356. The normalized spacial score (nSPS) is 20.7. The summed E-state index contributed by atoms with van der Waals surface area (Å²) in [6.07, 6.45) is 0. The first-order valence-corrected chi connectivity index (χ1v) is 9.94. The topological polar surface area (TPSA) is 36.9 Å². The van der Waals surface area contributed by atoms with E-state index < -0.39 is 7.51 Å². The summed E-state index contributed by atoms with van der Waals surface area (Å²) >= 11 is 24.5. The van der Waals surface area contributed by atoms with Gasteiger partial charge in [-0.05, 0) is 0 Å². The van der Waals surface area contributed by atoms with Crippen molar-refractivity contribution in [1.82, 2.24) is 0 Å². The molecule has 2 aromatic carbocycles. The van der Waals surface area contributed by atoms with Crippen LogP contribution in [0.4, 0.5) is 0 Å². The van der Waals surface area contributed by atoms with E-state index in [4.69, 9.17) is 64.5 Å². The summed E-state index contributed by atoms with van der Waals surface area (Å²) < 4.78 is 23.5. The molecule has 0 N–H and O–H groups in total. The molecule has 0 bridgehead atoms. The maximum atomic E-state index is 6.18. The fourth-order valence-electron chi connectivity index (χ4n) is 2.31. The predicted molar refractivity (Wildman–Crippen MR) is 88.3 cm³/mol. The molecule has 2 aromatic rings. The summed E-state index contributed by atoms with van der Waals surface area (Å²) in [7, 11) is -3.96. The molecule has 0 fully saturated rings. The average Bonchev–Trinajstić information content (AvgIpc) is 2.97. The van der Waals surface area contributed by atoms with Gasteiger partial charge in [-0.25, -0.2) is 0 Å². The molecule has 22 heavy (non-hydrogen) atoms. The van der Waals surface area contributed by atoms with Gasteiger partial charge in [-0.2, -0.15) is 0 Å². The van der Waals surface area contributed by atoms with Crippen LogP contribution in [0.25, 0.3) is 0 Å². The zero-order valence-electron chi connectivity index (χ0n) is 10.9. The van der Waals surface area contributed by atoms with Gasteiger partial charge in [0.1, 0.15) is 0 Å². The van der Waals surface area contributed by atoms with Crippen molar-refractivity contribution in [3.63, 3.8) is 0 Å². The van der Waals surface area contributed by atoms with E-state index in [1.165, 1.54) is 0 Å². The van der Waals surface area contributed by atoms with Gasteiger partial charge in [-0.3, -0.25) is 0 Å². The van der Waals surface area contributed by atoms with Crippen LogP contribution in [0.1, 0.15) is 0 Å². The second-order valence-electron chi connectivity index (χ2n) is 4.90. The number of benzene rings is 2. The second kappa shape index (κ2) is 4.40. The summed E-state index contributed by atoms with van der Waals surface area (Å²) in [5.41, 5.74) is 0. The number of halogens is 4. The van der Waals surface area contributed by atoms with Crippen molar-refractivity contribution in [1.29, 1.82) is 0 Å². The minimum absolute atomic E-state index is 0.0828. The van der Waals surface area contributed by atoms with Crippen LogP contribution in [-0.2, 0) is 0 Å². The van der Waals surface area contributed by atoms with E-state index in [-0.39, 0.29) is 31.6 Å². The Bertz CT molecular complexity index is 775. The van der Waals surface area contributed by atoms with E-state index in [1.54, 1.807) is 18.8 Å². The first kappa shape index (κ1) is 14.8. The van der Waals surface area contributed by atoms with Crippen LogP contribution in [0.15, 0.2) is 24.3 Å². The second-order valence-corrected chi connectivity index (χ2v) is 9.50. The van der Waals surface area contributed by atoms with Crippen molar-refractivity contribution in [3.05, 3.63) is 44.4 Å².